The van der Waals surface area contributed by atoms with E-state index in [0.29, 0.717) is 6.10 Å². The monoisotopic (exact) mass is 245 g/mol. The number of hydrogen-bond donors (Lipinski definition) is 1. The highest BCUT2D eigenvalue weighted by Crippen LogP contribution is 2.22. The Hall–Kier alpha value is -0.460. The lowest BCUT2D eigenvalue weighted by atomic mass is 10.1. The van der Waals surface area contributed by atoms with Crippen molar-refractivity contribution < 1.29 is 4.74 Å². The van der Waals surface area contributed by atoms with Crippen molar-refractivity contribution >= 4 is 28.7 Å². The number of aromatic amines is 1. The van der Waals surface area contributed by atoms with Crippen LogP contribution in [-0.2, 0) is 4.74 Å². The molecule has 4 nitrogen and oxygen atoms in total. The van der Waals surface area contributed by atoms with Gasteiger partial charge < -0.3 is 9.64 Å². The molecule has 6 heteroatoms. The summed E-state index contributed by atoms with van der Waals surface area (Å²) in [5, 5.41) is 8.00. The lowest BCUT2D eigenvalue weighted by molar-refractivity contribution is 0.0526. The fourth-order valence-corrected chi connectivity index (χ4v) is 2.75. The maximum atomic E-state index is 5.64. The van der Waals surface area contributed by atoms with E-state index in [-0.39, 0.29) is 0 Å². The SMILES string of the molecule is CCOC1CCCN(c2n[nH]c(=S)s2)C1. The quantitative estimate of drug-likeness (QED) is 0.829. The van der Waals surface area contributed by atoms with Crippen LogP contribution < -0.4 is 4.90 Å². The second-order valence-electron chi connectivity index (χ2n) is 3.56. The molecule has 0 saturated carbocycles. The summed E-state index contributed by atoms with van der Waals surface area (Å²) in [6.07, 6.45) is 2.66. The minimum atomic E-state index is 0.348. The molecule has 0 aromatic carbocycles. The number of nitrogens with one attached hydrogen (secondary N) is 1. The molecule has 0 aliphatic carbocycles. The Labute approximate surface area is 98.3 Å². The Bertz CT molecular complexity index is 360. The van der Waals surface area contributed by atoms with Crippen LogP contribution in [0, 0.1) is 3.95 Å². The van der Waals surface area contributed by atoms with Crippen molar-refractivity contribution in [2.24, 2.45) is 0 Å². The Morgan fingerprint density at radius 2 is 2.60 bits per heavy atom. The minimum Gasteiger partial charge on any atom is -0.377 e. The fraction of sp³-hybridized carbons (Fsp3) is 0.778. The molecule has 1 atom stereocenters. The number of ether oxygens (including phenoxy) is 1. The number of piperidine rings is 1. The molecule has 0 amide bonds. The number of nitrogens with zero attached hydrogens (tertiary/aromatic N) is 2. The van der Waals surface area contributed by atoms with Gasteiger partial charge in [-0.1, -0.05) is 11.3 Å². The van der Waals surface area contributed by atoms with E-state index in [9.17, 15) is 0 Å². The van der Waals surface area contributed by atoms with Crippen molar-refractivity contribution in [2.45, 2.75) is 25.9 Å². The maximum Gasteiger partial charge on any atom is 0.207 e. The van der Waals surface area contributed by atoms with E-state index in [4.69, 9.17) is 17.0 Å². The van der Waals surface area contributed by atoms with Crippen LogP contribution in [0.25, 0.3) is 0 Å². The van der Waals surface area contributed by atoms with Gasteiger partial charge in [0.2, 0.25) is 5.13 Å². The van der Waals surface area contributed by atoms with Crippen LogP contribution in [0.3, 0.4) is 0 Å². The van der Waals surface area contributed by atoms with Gasteiger partial charge in [-0.05, 0) is 32.0 Å². The van der Waals surface area contributed by atoms with E-state index in [2.05, 4.69) is 15.1 Å². The van der Waals surface area contributed by atoms with Crippen LogP contribution >= 0.6 is 23.6 Å². The smallest absolute Gasteiger partial charge is 0.207 e. The van der Waals surface area contributed by atoms with Crippen molar-refractivity contribution in [3.63, 3.8) is 0 Å². The molecule has 2 rings (SSSR count). The Kier molecular flexibility index (Phi) is 3.71. The zero-order chi connectivity index (χ0) is 10.7. The zero-order valence-electron chi connectivity index (χ0n) is 8.73. The van der Waals surface area contributed by atoms with Gasteiger partial charge in [0.15, 0.2) is 3.95 Å². The van der Waals surface area contributed by atoms with E-state index < -0.39 is 0 Å². The van der Waals surface area contributed by atoms with Crippen LogP contribution in [0.2, 0.25) is 0 Å². The molecule has 1 fully saturated rings. The Balaban J connectivity index is 2.01. The van der Waals surface area contributed by atoms with Gasteiger partial charge in [-0.15, -0.1) is 5.10 Å². The van der Waals surface area contributed by atoms with E-state index in [0.717, 1.165) is 41.6 Å². The predicted molar refractivity (Wildman–Crippen MR) is 64.2 cm³/mol. The van der Waals surface area contributed by atoms with Crippen molar-refractivity contribution in [1.82, 2.24) is 10.2 Å². The van der Waals surface area contributed by atoms with Gasteiger partial charge in [0.05, 0.1) is 6.10 Å². The Morgan fingerprint density at radius 1 is 1.73 bits per heavy atom. The first-order valence-electron chi connectivity index (χ1n) is 5.21. The molecular weight excluding hydrogens is 230 g/mol. The molecule has 1 N–H and O–H groups in total. The second kappa shape index (κ2) is 5.05. The summed E-state index contributed by atoms with van der Waals surface area (Å²) in [4.78, 5) is 2.25. The molecule has 1 aromatic heterocycles. The molecule has 0 spiro atoms. The number of hydrogen-bond acceptors (Lipinski definition) is 5. The van der Waals surface area contributed by atoms with Gasteiger partial charge in [0.25, 0.3) is 0 Å². The zero-order valence-corrected chi connectivity index (χ0v) is 10.4. The summed E-state index contributed by atoms with van der Waals surface area (Å²) < 4.78 is 6.38. The van der Waals surface area contributed by atoms with Gasteiger partial charge in [0, 0.05) is 19.7 Å². The molecule has 0 bridgehead atoms. The van der Waals surface area contributed by atoms with E-state index in [1.54, 1.807) is 0 Å². The molecule has 1 saturated heterocycles. The molecule has 0 radical (unpaired) electrons. The summed E-state index contributed by atoms with van der Waals surface area (Å²) in [7, 11) is 0. The van der Waals surface area contributed by atoms with E-state index >= 15 is 0 Å². The average molecular weight is 245 g/mol. The average Bonchev–Trinajstić information content (AvgIpc) is 2.66. The topological polar surface area (TPSA) is 41.1 Å². The largest absolute Gasteiger partial charge is 0.377 e. The van der Waals surface area contributed by atoms with Gasteiger partial charge in [-0.3, -0.25) is 5.10 Å². The first-order chi connectivity index (χ1) is 7.29. The van der Waals surface area contributed by atoms with Crippen molar-refractivity contribution in [1.29, 1.82) is 0 Å². The molecule has 1 aliphatic rings. The summed E-state index contributed by atoms with van der Waals surface area (Å²) in [5.41, 5.74) is 0. The number of H-pyrrole nitrogens is 1. The van der Waals surface area contributed by atoms with E-state index in [1.807, 2.05) is 6.92 Å². The van der Waals surface area contributed by atoms with Crippen LogP contribution in [0.1, 0.15) is 19.8 Å². The Morgan fingerprint density at radius 3 is 3.27 bits per heavy atom. The van der Waals surface area contributed by atoms with Gasteiger partial charge in [-0.2, -0.15) is 0 Å². The highest BCUT2D eigenvalue weighted by molar-refractivity contribution is 7.73. The maximum absolute atomic E-state index is 5.64. The van der Waals surface area contributed by atoms with Crippen molar-refractivity contribution in [3.05, 3.63) is 3.95 Å². The first-order valence-corrected chi connectivity index (χ1v) is 6.44. The number of aromatic nitrogens is 2. The third-order valence-corrected chi connectivity index (χ3v) is 3.63. The lowest BCUT2D eigenvalue weighted by Gasteiger charge is -2.31. The molecule has 84 valence electrons. The molecule has 1 aliphatic heterocycles. The number of rotatable bonds is 3. The first kappa shape index (κ1) is 11.0. The van der Waals surface area contributed by atoms with Crippen LogP contribution in [0.15, 0.2) is 0 Å². The molecular formula is C9H15N3OS2. The molecule has 1 unspecified atom stereocenters. The van der Waals surface area contributed by atoms with Gasteiger partial charge in [-0.25, -0.2) is 0 Å². The van der Waals surface area contributed by atoms with Crippen molar-refractivity contribution in [3.8, 4) is 0 Å². The lowest BCUT2D eigenvalue weighted by Crippen LogP contribution is -2.39. The summed E-state index contributed by atoms with van der Waals surface area (Å²) in [5.74, 6) is 0. The van der Waals surface area contributed by atoms with E-state index in [1.165, 1.54) is 11.3 Å². The molecule has 15 heavy (non-hydrogen) atoms. The third kappa shape index (κ3) is 2.76. The standard InChI is InChI=1S/C9H15N3OS2/c1-2-13-7-4-3-5-12(6-7)8-10-11-9(14)15-8/h7H,2-6H2,1H3,(H,11,14). The van der Waals surface area contributed by atoms with Gasteiger partial charge >= 0.3 is 0 Å². The van der Waals surface area contributed by atoms with Gasteiger partial charge in [0.1, 0.15) is 0 Å². The second-order valence-corrected chi connectivity index (χ2v) is 5.21. The summed E-state index contributed by atoms with van der Waals surface area (Å²) >= 11 is 6.56. The molecule has 1 aromatic rings. The van der Waals surface area contributed by atoms with Crippen LogP contribution in [-0.4, -0.2) is 36.0 Å². The van der Waals surface area contributed by atoms with Crippen molar-refractivity contribution in [2.75, 3.05) is 24.6 Å². The highest BCUT2D eigenvalue weighted by atomic mass is 32.1. The fourth-order valence-electron chi connectivity index (χ4n) is 1.84. The predicted octanol–water partition coefficient (Wildman–Crippen LogP) is 2.21. The highest BCUT2D eigenvalue weighted by Gasteiger charge is 2.21. The number of anilines is 1. The van der Waals surface area contributed by atoms with Crippen LogP contribution in [0.4, 0.5) is 5.13 Å². The van der Waals surface area contributed by atoms with Crippen LogP contribution in [0.5, 0.6) is 0 Å². The minimum absolute atomic E-state index is 0.348. The summed E-state index contributed by atoms with van der Waals surface area (Å²) in [6, 6.07) is 0. The molecule has 2 heterocycles. The summed E-state index contributed by atoms with van der Waals surface area (Å²) in [6.45, 7) is 4.82. The normalized spacial score (nSPS) is 21.9. The third-order valence-electron chi connectivity index (χ3n) is 2.48.